The summed E-state index contributed by atoms with van der Waals surface area (Å²) >= 11 is 0. The fourth-order valence-electron chi connectivity index (χ4n) is 2.04. The SMILES string of the molecule is O=C1c2cc(F)ccc2-c2cc(O)ccc21. The molecule has 16 heavy (non-hydrogen) atoms. The molecule has 3 heteroatoms. The topological polar surface area (TPSA) is 37.3 Å². The highest BCUT2D eigenvalue weighted by molar-refractivity contribution is 6.21. The van der Waals surface area contributed by atoms with Crippen molar-refractivity contribution in [2.75, 3.05) is 0 Å². The Labute approximate surface area is 91.0 Å². The van der Waals surface area contributed by atoms with Crippen molar-refractivity contribution in [3.8, 4) is 16.9 Å². The van der Waals surface area contributed by atoms with Gasteiger partial charge in [-0.05, 0) is 41.5 Å². The zero-order valence-electron chi connectivity index (χ0n) is 8.20. The summed E-state index contributed by atoms with van der Waals surface area (Å²) in [4.78, 5) is 11.9. The highest BCUT2D eigenvalue weighted by Gasteiger charge is 2.26. The van der Waals surface area contributed by atoms with Crippen molar-refractivity contribution in [2.45, 2.75) is 0 Å². The average Bonchev–Trinajstić information content (AvgIpc) is 2.52. The maximum absolute atomic E-state index is 13.0. The van der Waals surface area contributed by atoms with Gasteiger partial charge in [0.15, 0.2) is 5.78 Å². The summed E-state index contributed by atoms with van der Waals surface area (Å²) in [6, 6.07) is 8.65. The molecule has 1 aliphatic carbocycles. The van der Waals surface area contributed by atoms with Crippen LogP contribution in [0.2, 0.25) is 0 Å². The standard InChI is InChI=1S/C13H7FO2/c14-7-1-3-9-11-6-8(15)2-4-10(11)13(16)12(9)5-7/h1-6,15H. The zero-order chi connectivity index (χ0) is 11.3. The van der Waals surface area contributed by atoms with Gasteiger partial charge in [-0.3, -0.25) is 4.79 Å². The quantitative estimate of drug-likeness (QED) is 0.624. The van der Waals surface area contributed by atoms with E-state index in [1.54, 1.807) is 12.1 Å². The highest BCUT2D eigenvalue weighted by Crippen LogP contribution is 2.38. The van der Waals surface area contributed by atoms with Crippen molar-refractivity contribution in [2.24, 2.45) is 0 Å². The van der Waals surface area contributed by atoms with E-state index in [1.807, 2.05) is 0 Å². The first-order valence-corrected chi connectivity index (χ1v) is 4.84. The van der Waals surface area contributed by atoms with E-state index in [4.69, 9.17) is 0 Å². The van der Waals surface area contributed by atoms with E-state index < -0.39 is 5.82 Å². The number of ketones is 1. The number of carbonyl (C=O) groups excluding carboxylic acids is 1. The Morgan fingerprint density at radius 1 is 0.875 bits per heavy atom. The Balaban J connectivity index is 2.36. The van der Waals surface area contributed by atoms with Crippen molar-refractivity contribution in [1.82, 2.24) is 0 Å². The third-order valence-electron chi connectivity index (χ3n) is 2.76. The van der Waals surface area contributed by atoms with Crippen LogP contribution >= 0.6 is 0 Å². The van der Waals surface area contributed by atoms with Crippen LogP contribution in [0.4, 0.5) is 4.39 Å². The molecule has 0 amide bonds. The average molecular weight is 214 g/mol. The number of hydrogen-bond donors (Lipinski definition) is 1. The van der Waals surface area contributed by atoms with Crippen molar-refractivity contribution in [3.05, 3.63) is 53.3 Å². The van der Waals surface area contributed by atoms with Gasteiger partial charge in [0.2, 0.25) is 0 Å². The van der Waals surface area contributed by atoms with Crippen LogP contribution in [-0.2, 0) is 0 Å². The zero-order valence-corrected chi connectivity index (χ0v) is 8.20. The van der Waals surface area contributed by atoms with Gasteiger partial charge in [-0.15, -0.1) is 0 Å². The van der Waals surface area contributed by atoms with Gasteiger partial charge < -0.3 is 5.11 Å². The molecule has 0 bridgehead atoms. The van der Waals surface area contributed by atoms with Gasteiger partial charge in [0.05, 0.1) is 0 Å². The van der Waals surface area contributed by atoms with E-state index in [9.17, 15) is 14.3 Å². The first kappa shape index (κ1) is 9.09. The number of rotatable bonds is 0. The molecule has 1 aliphatic rings. The summed E-state index contributed by atoms with van der Waals surface area (Å²) in [6.45, 7) is 0. The molecule has 1 N–H and O–H groups in total. The number of carbonyl (C=O) groups is 1. The molecule has 0 atom stereocenters. The lowest BCUT2D eigenvalue weighted by Gasteiger charge is -1.99. The van der Waals surface area contributed by atoms with Gasteiger partial charge in [0.1, 0.15) is 11.6 Å². The number of fused-ring (bicyclic) bond motifs is 3. The number of halogens is 1. The molecule has 0 radical (unpaired) electrons. The van der Waals surface area contributed by atoms with E-state index in [0.29, 0.717) is 22.3 Å². The maximum Gasteiger partial charge on any atom is 0.194 e. The Hall–Kier alpha value is -2.16. The molecular formula is C13H7FO2. The molecule has 0 aromatic heterocycles. The second-order valence-corrected chi connectivity index (χ2v) is 3.75. The summed E-state index contributed by atoms with van der Waals surface area (Å²) in [7, 11) is 0. The fourth-order valence-corrected chi connectivity index (χ4v) is 2.04. The van der Waals surface area contributed by atoms with Crippen LogP contribution in [0.25, 0.3) is 11.1 Å². The maximum atomic E-state index is 13.0. The van der Waals surface area contributed by atoms with Crippen molar-refractivity contribution in [3.63, 3.8) is 0 Å². The molecule has 2 aromatic carbocycles. The van der Waals surface area contributed by atoms with Crippen LogP contribution in [0, 0.1) is 5.82 Å². The molecule has 0 spiro atoms. The molecule has 0 aliphatic heterocycles. The van der Waals surface area contributed by atoms with Crippen molar-refractivity contribution >= 4 is 5.78 Å². The molecule has 2 aromatic rings. The van der Waals surface area contributed by atoms with Gasteiger partial charge in [0, 0.05) is 11.1 Å². The summed E-state index contributed by atoms with van der Waals surface area (Å²) in [5.74, 6) is -0.516. The predicted molar refractivity (Wildman–Crippen MR) is 56.9 cm³/mol. The Morgan fingerprint density at radius 3 is 2.44 bits per heavy atom. The number of aromatic hydroxyl groups is 1. The second-order valence-electron chi connectivity index (χ2n) is 3.75. The van der Waals surface area contributed by atoms with E-state index in [1.165, 1.54) is 24.3 Å². The van der Waals surface area contributed by atoms with E-state index in [2.05, 4.69) is 0 Å². The van der Waals surface area contributed by atoms with E-state index >= 15 is 0 Å². The van der Waals surface area contributed by atoms with Crippen molar-refractivity contribution in [1.29, 1.82) is 0 Å². The predicted octanol–water partition coefficient (Wildman–Crippen LogP) is 2.74. The van der Waals surface area contributed by atoms with E-state index in [0.717, 1.165) is 0 Å². The Bertz CT molecular complexity index is 617. The molecule has 0 saturated carbocycles. The molecule has 3 rings (SSSR count). The number of phenolic OH excluding ortho intramolecular Hbond substituents is 1. The number of benzene rings is 2. The van der Waals surface area contributed by atoms with E-state index in [-0.39, 0.29) is 11.5 Å². The molecule has 0 unspecified atom stereocenters. The minimum Gasteiger partial charge on any atom is -0.508 e. The normalized spacial score (nSPS) is 12.4. The Kier molecular flexibility index (Phi) is 1.66. The minimum absolute atomic E-state index is 0.101. The third kappa shape index (κ3) is 1.08. The highest BCUT2D eigenvalue weighted by atomic mass is 19.1. The fraction of sp³-hybridized carbons (Fsp3) is 0. The summed E-state index contributed by atoms with van der Waals surface area (Å²) in [5, 5.41) is 9.38. The minimum atomic E-state index is -0.427. The molecule has 0 fully saturated rings. The summed E-state index contributed by atoms with van der Waals surface area (Å²) < 4.78 is 13.0. The lowest BCUT2D eigenvalue weighted by molar-refractivity contribution is 0.104. The number of phenols is 1. The van der Waals surface area contributed by atoms with Crippen LogP contribution in [0.1, 0.15) is 15.9 Å². The van der Waals surface area contributed by atoms with Crippen LogP contribution in [0.15, 0.2) is 36.4 Å². The monoisotopic (exact) mass is 214 g/mol. The summed E-state index contributed by atoms with van der Waals surface area (Å²) in [6.07, 6.45) is 0. The van der Waals surface area contributed by atoms with Gasteiger partial charge in [-0.1, -0.05) is 6.07 Å². The van der Waals surface area contributed by atoms with Crippen LogP contribution < -0.4 is 0 Å². The molecular weight excluding hydrogens is 207 g/mol. The lowest BCUT2D eigenvalue weighted by atomic mass is 10.1. The van der Waals surface area contributed by atoms with Gasteiger partial charge in [0.25, 0.3) is 0 Å². The second kappa shape index (κ2) is 2.92. The Morgan fingerprint density at radius 2 is 1.62 bits per heavy atom. The smallest absolute Gasteiger partial charge is 0.194 e. The number of hydrogen-bond acceptors (Lipinski definition) is 2. The van der Waals surface area contributed by atoms with Crippen molar-refractivity contribution < 1.29 is 14.3 Å². The molecule has 0 saturated heterocycles. The molecule has 78 valence electrons. The lowest BCUT2D eigenvalue weighted by Crippen LogP contribution is -1.95. The summed E-state index contributed by atoms with van der Waals surface area (Å²) in [5.41, 5.74) is 2.22. The first-order chi connectivity index (χ1) is 7.66. The van der Waals surface area contributed by atoms with Gasteiger partial charge in [-0.2, -0.15) is 0 Å². The molecule has 0 heterocycles. The van der Waals surface area contributed by atoms with Crippen LogP contribution in [0.5, 0.6) is 5.75 Å². The van der Waals surface area contributed by atoms with Crippen LogP contribution in [0.3, 0.4) is 0 Å². The van der Waals surface area contributed by atoms with Gasteiger partial charge in [-0.25, -0.2) is 4.39 Å². The third-order valence-corrected chi connectivity index (χ3v) is 2.76. The largest absolute Gasteiger partial charge is 0.508 e. The van der Waals surface area contributed by atoms with Crippen LogP contribution in [-0.4, -0.2) is 10.9 Å². The molecule has 2 nitrogen and oxygen atoms in total. The first-order valence-electron chi connectivity index (χ1n) is 4.84. The van der Waals surface area contributed by atoms with Gasteiger partial charge >= 0.3 is 0 Å².